The molecule has 1 heterocycles. The second-order valence-corrected chi connectivity index (χ2v) is 14.9. The summed E-state index contributed by atoms with van der Waals surface area (Å²) in [6, 6.07) is 4.87. The molecule has 0 aromatic heterocycles. The molecular formula is C46H47N. The lowest BCUT2D eigenvalue weighted by Crippen LogP contribution is -2.13. The summed E-state index contributed by atoms with van der Waals surface area (Å²) in [5.41, 5.74) is 22.8. The molecule has 0 amide bonds. The predicted octanol–water partition coefficient (Wildman–Crippen LogP) is 12.3. The molecule has 0 spiro atoms. The monoisotopic (exact) mass is 613 g/mol. The number of benzene rings is 1. The molecule has 0 saturated carbocycles. The lowest BCUT2D eigenvalue weighted by Gasteiger charge is -2.28. The molecule has 1 nitrogen and oxygen atoms in total. The van der Waals surface area contributed by atoms with Gasteiger partial charge in [-0.1, -0.05) is 104 Å². The first kappa shape index (κ1) is 29.2. The molecule has 1 aromatic carbocycles. The van der Waals surface area contributed by atoms with E-state index in [-0.39, 0.29) is 0 Å². The van der Waals surface area contributed by atoms with Gasteiger partial charge < -0.3 is 0 Å². The van der Waals surface area contributed by atoms with Crippen LogP contribution in [0.3, 0.4) is 0 Å². The van der Waals surface area contributed by atoms with Crippen molar-refractivity contribution in [1.82, 2.24) is 0 Å². The number of rotatable bonds is 4. The standard InChI is InChI=1S/C46H47N/c1-4-30-14-11-20-40-39-18-6-5-13-28(2)42(39)43(44(30)40)29(3)32-25-33(27-34(26-32)41-21-9-10-24-47-41)35-23-22-31-15-12-19-37-36-16-7-8-17-38(36)46(35)45(31)37/h6-8,12,15-16,18,20-25,27-28,34,37-38H,4-5,9-11,13-14,17,19,26H2,1-3H3/b43-29+/t28-,34+,37?,38-/m1/s1. The zero-order chi connectivity index (χ0) is 31.6. The minimum absolute atomic E-state index is 0.293. The summed E-state index contributed by atoms with van der Waals surface area (Å²) in [6.45, 7) is 7.31. The van der Waals surface area contributed by atoms with E-state index in [1.54, 1.807) is 39.0 Å². The van der Waals surface area contributed by atoms with Crippen molar-refractivity contribution in [3.05, 3.63) is 151 Å². The quantitative estimate of drug-likeness (QED) is 0.320. The fraction of sp³-hybridized carbons (Fsp3) is 0.370. The molecule has 47 heavy (non-hydrogen) atoms. The van der Waals surface area contributed by atoms with E-state index in [1.165, 1.54) is 70.4 Å². The summed E-state index contributed by atoms with van der Waals surface area (Å²) in [5, 5.41) is 0. The Morgan fingerprint density at radius 2 is 1.83 bits per heavy atom. The topological polar surface area (TPSA) is 12.4 Å². The van der Waals surface area contributed by atoms with Gasteiger partial charge in [0, 0.05) is 29.7 Å². The smallest absolute Gasteiger partial charge is 0.0432 e. The summed E-state index contributed by atoms with van der Waals surface area (Å²) < 4.78 is 0. The highest BCUT2D eigenvalue weighted by Gasteiger charge is 2.41. The van der Waals surface area contributed by atoms with E-state index < -0.39 is 0 Å². The van der Waals surface area contributed by atoms with Gasteiger partial charge in [-0.05, 0) is 144 Å². The second kappa shape index (κ2) is 11.6. The summed E-state index contributed by atoms with van der Waals surface area (Å²) in [4.78, 5) is 5.02. The number of hydrogen-bond donors (Lipinski definition) is 0. The third kappa shape index (κ3) is 4.60. The summed E-state index contributed by atoms with van der Waals surface area (Å²) in [6.07, 6.45) is 40.4. The molecule has 1 aliphatic heterocycles. The molecule has 1 heteroatoms. The van der Waals surface area contributed by atoms with Crippen molar-refractivity contribution >= 4 is 17.9 Å². The molecule has 0 N–H and O–H groups in total. The van der Waals surface area contributed by atoms with Crippen LogP contribution in [-0.2, 0) is 0 Å². The molecule has 236 valence electrons. The molecule has 1 aromatic rings. The van der Waals surface area contributed by atoms with Gasteiger partial charge in [0.1, 0.15) is 0 Å². The normalized spacial score (nSPS) is 29.7. The Morgan fingerprint density at radius 3 is 2.70 bits per heavy atom. The fourth-order valence-electron chi connectivity index (χ4n) is 10.1. The Balaban J connectivity index is 1.25. The van der Waals surface area contributed by atoms with Gasteiger partial charge in [-0.25, -0.2) is 0 Å². The summed E-state index contributed by atoms with van der Waals surface area (Å²) in [5.74, 6) is 1.87. The van der Waals surface area contributed by atoms with Crippen LogP contribution in [0.25, 0.3) is 11.6 Å². The minimum Gasteiger partial charge on any atom is -0.265 e. The number of hydrogen-bond acceptors (Lipinski definition) is 1. The molecule has 8 aliphatic rings. The number of nitrogens with zero attached hydrogens (tertiary/aromatic N) is 1. The first-order valence-electron chi connectivity index (χ1n) is 18.5. The third-order valence-corrected chi connectivity index (χ3v) is 12.4. The maximum absolute atomic E-state index is 5.02. The van der Waals surface area contributed by atoms with Crippen molar-refractivity contribution in [2.75, 3.05) is 0 Å². The average molecular weight is 614 g/mol. The Kier molecular flexibility index (Phi) is 7.22. The molecule has 0 saturated heterocycles. The van der Waals surface area contributed by atoms with Gasteiger partial charge in [0.05, 0.1) is 0 Å². The van der Waals surface area contributed by atoms with Crippen LogP contribution in [0.2, 0.25) is 0 Å². The van der Waals surface area contributed by atoms with Crippen LogP contribution in [0.15, 0.2) is 134 Å². The van der Waals surface area contributed by atoms with Crippen molar-refractivity contribution in [3.8, 4) is 0 Å². The molecule has 4 atom stereocenters. The van der Waals surface area contributed by atoms with E-state index in [9.17, 15) is 0 Å². The van der Waals surface area contributed by atoms with Crippen LogP contribution in [0.5, 0.6) is 0 Å². The van der Waals surface area contributed by atoms with E-state index in [1.807, 2.05) is 0 Å². The Hall–Kier alpha value is -3.97. The third-order valence-electron chi connectivity index (χ3n) is 12.4. The van der Waals surface area contributed by atoms with Crippen LogP contribution in [0.4, 0.5) is 0 Å². The van der Waals surface area contributed by atoms with Crippen LogP contribution in [-0.4, -0.2) is 6.21 Å². The highest BCUT2D eigenvalue weighted by molar-refractivity contribution is 5.86. The van der Waals surface area contributed by atoms with Gasteiger partial charge in [-0.3, -0.25) is 4.99 Å². The molecule has 9 rings (SSSR count). The Bertz CT molecular complexity index is 1960. The second-order valence-electron chi connectivity index (χ2n) is 14.9. The van der Waals surface area contributed by atoms with Gasteiger partial charge in [-0.15, -0.1) is 0 Å². The van der Waals surface area contributed by atoms with Gasteiger partial charge >= 0.3 is 0 Å². The molecular weight excluding hydrogens is 567 g/mol. The van der Waals surface area contributed by atoms with Crippen molar-refractivity contribution in [1.29, 1.82) is 0 Å². The summed E-state index contributed by atoms with van der Waals surface area (Å²) >= 11 is 0. The molecule has 0 fully saturated rings. The minimum atomic E-state index is 0.293. The fourth-order valence-corrected chi connectivity index (χ4v) is 10.1. The van der Waals surface area contributed by atoms with E-state index >= 15 is 0 Å². The number of fused-ring (bicyclic) bond motifs is 5. The highest BCUT2D eigenvalue weighted by atomic mass is 14.7. The van der Waals surface area contributed by atoms with Gasteiger partial charge in [0.15, 0.2) is 0 Å². The van der Waals surface area contributed by atoms with Crippen LogP contribution < -0.4 is 0 Å². The molecule has 7 aliphatic carbocycles. The molecule has 0 bridgehead atoms. The molecule has 1 unspecified atom stereocenters. The van der Waals surface area contributed by atoms with Crippen LogP contribution in [0, 0.1) is 11.8 Å². The number of aliphatic imine (C=N–C) groups is 1. The van der Waals surface area contributed by atoms with Gasteiger partial charge in [-0.2, -0.15) is 0 Å². The number of allylic oxidation sites excluding steroid dienone is 20. The SMILES string of the molecule is CCC1=C2C(=CCC1)C1=C(/C2=C(/C)C2=CC(c3ccc4c5c3[C@@H]3CC=CC=C3C5CC=C4)=C[C@@H](C3=CCCC=N3)C2)[C@H](C)CCC=C1. The first-order valence-corrected chi connectivity index (χ1v) is 18.5. The van der Waals surface area contributed by atoms with Gasteiger partial charge in [0.2, 0.25) is 0 Å². The predicted molar refractivity (Wildman–Crippen MR) is 199 cm³/mol. The van der Waals surface area contributed by atoms with E-state index in [4.69, 9.17) is 4.99 Å². The summed E-state index contributed by atoms with van der Waals surface area (Å²) in [7, 11) is 0. The van der Waals surface area contributed by atoms with Gasteiger partial charge in [0.25, 0.3) is 0 Å². The largest absolute Gasteiger partial charge is 0.265 e. The zero-order valence-corrected chi connectivity index (χ0v) is 28.4. The van der Waals surface area contributed by atoms with Crippen molar-refractivity contribution in [2.45, 2.75) is 96.8 Å². The van der Waals surface area contributed by atoms with E-state index in [2.05, 4.69) is 106 Å². The Morgan fingerprint density at radius 1 is 0.936 bits per heavy atom. The van der Waals surface area contributed by atoms with Crippen molar-refractivity contribution < 1.29 is 0 Å². The maximum atomic E-state index is 5.02. The lowest BCUT2D eigenvalue weighted by molar-refractivity contribution is 0.632. The van der Waals surface area contributed by atoms with Crippen LogP contribution >= 0.6 is 0 Å². The van der Waals surface area contributed by atoms with E-state index in [0.717, 1.165) is 38.5 Å². The van der Waals surface area contributed by atoms with Crippen molar-refractivity contribution in [2.24, 2.45) is 16.8 Å². The van der Waals surface area contributed by atoms with Crippen molar-refractivity contribution in [3.63, 3.8) is 0 Å². The Labute approximate surface area is 281 Å². The zero-order valence-electron chi connectivity index (χ0n) is 28.4. The average Bonchev–Trinajstić information content (AvgIpc) is 3.57. The maximum Gasteiger partial charge on any atom is 0.0432 e. The highest BCUT2D eigenvalue weighted by Crippen LogP contribution is 2.57. The molecule has 0 radical (unpaired) electrons. The lowest BCUT2D eigenvalue weighted by atomic mass is 9.76. The van der Waals surface area contributed by atoms with Crippen LogP contribution in [0.1, 0.15) is 119 Å². The first-order chi connectivity index (χ1) is 23.1. The van der Waals surface area contributed by atoms with E-state index in [0.29, 0.717) is 23.7 Å².